The molecule has 6 nitrogen and oxygen atoms in total. The zero-order valence-corrected chi connectivity index (χ0v) is 13.4. The Morgan fingerprint density at radius 1 is 1.16 bits per heavy atom. The standard InChI is InChI=1S/C18H15FN4O2/c1-23-11-12(9-15(18(23)25)16-7-2-3-8-20-16)17(24)22-21-14-6-4-5-13(19)10-14/h2-11,21H,1H3,(H,22,24). The topological polar surface area (TPSA) is 76.0 Å². The summed E-state index contributed by atoms with van der Waals surface area (Å²) in [7, 11) is 1.56. The van der Waals surface area contributed by atoms with Crippen molar-refractivity contribution in [3.8, 4) is 11.3 Å². The number of nitrogens with zero attached hydrogens (tertiary/aromatic N) is 2. The highest BCUT2D eigenvalue weighted by Gasteiger charge is 2.13. The number of pyridine rings is 2. The van der Waals surface area contributed by atoms with E-state index in [0.29, 0.717) is 16.9 Å². The van der Waals surface area contributed by atoms with Gasteiger partial charge in [-0.1, -0.05) is 12.1 Å². The predicted molar refractivity (Wildman–Crippen MR) is 92.4 cm³/mol. The molecule has 0 spiro atoms. The predicted octanol–water partition coefficient (Wildman–Crippen LogP) is 2.34. The number of nitrogens with one attached hydrogen (secondary N) is 2. The molecule has 25 heavy (non-hydrogen) atoms. The summed E-state index contributed by atoms with van der Waals surface area (Å²) >= 11 is 0. The van der Waals surface area contributed by atoms with Crippen LogP contribution in [0.1, 0.15) is 10.4 Å². The van der Waals surface area contributed by atoms with Crippen molar-refractivity contribution < 1.29 is 9.18 Å². The number of rotatable bonds is 4. The number of anilines is 1. The number of hydrazine groups is 1. The van der Waals surface area contributed by atoms with Gasteiger partial charge in [-0.2, -0.15) is 0 Å². The third kappa shape index (κ3) is 3.72. The van der Waals surface area contributed by atoms with Gasteiger partial charge in [0, 0.05) is 19.4 Å². The summed E-state index contributed by atoms with van der Waals surface area (Å²) in [5.41, 5.74) is 6.33. The number of aromatic nitrogens is 2. The summed E-state index contributed by atoms with van der Waals surface area (Å²) < 4.78 is 14.5. The van der Waals surface area contributed by atoms with Gasteiger partial charge in [-0.15, -0.1) is 0 Å². The van der Waals surface area contributed by atoms with E-state index < -0.39 is 11.7 Å². The maximum atomic E-state index is 13.2. The molecule has 3 rings (SSSR count). The van der Waals surface area contributed by atoms with Crippen molar-refractivity contribution in [1.29, 1.82) is 0 Å². The highest BCUT2D eigenvalue weighted by atomic mass is 19.1. The van der Waals surface area contributed by atoms with E-state index in [9.17, 15) is 14.0 Å². The molecule has 2 N–H and O–H groups in total. The van der Waals surface area contributed by atoms with Gasteiger partial charge >= 0.3 is 0 Å². The van der Waals surface area contributed by atoms with Gasteiger partial charge < -0.3 is 4.57 Å². The smallest absolute Gasteiger partial charge is 0.271 e. The molecule has 0 aliphatic rings. The van der Waals surface area contributed by atoms with E-state index in [1.54, 1.807) is 37.5 Å². The van der Waals surface area contributed by atoms with Crippen LogP contribution in [-0.2, 0) is 7.05 Å². The van der Waals surface area contributed by atoms with Crippen molar-refractivity contribution in [2.45, 2.75) is 0 Å². The van der Waals surface area contributed by atoms with E-state index >= 15 is 0 Å². The van der Waals surface area contributed by atoms with Crippen LogP contribution in [0.2, 0.25) is 0 Å². The van der Waals surface area contributed by atoms with Crippen molar-refractivity contribution >= 4 is 11.6 Å². The number of halogens is 1. The molecule has 7 heteroatoms. The Hall–Kier alpha value is -3.48. The maximum Gasteiger partial charge on any atom is 0.271 e. The number of aryl methyl sites for hydroxylation is 1. The highest BCUT2D eigenvalue weighted by molar-refractivity contribution is 5.95. The summed E-state index contributed by atoms with van der Waals surface area (Å²) in [5.74, 6) is -0.879. The SMILES string of the molecule is Cn1cc(C(=O)NNc2cccc(F)c2)cc(-c2ccccn2)c1=O. The van der Waals surface area contributed by atoms with Crippen molar-refractivity contribution in [2.24, 2.45) is 7.05 Å². The number of carbonyl (C=O) groups excluding carboxylic acids is 1. The van der Waals surface area contributed by atoms with E-state index in [4.69, 9.17) is 0 Å². The average Bonchev–Trinajstić information content (AvgIpc) is 2.62. The van der Waals surface area contributed by atoms with Gasteiger partial charge in [-0.05, 0) is 36.4 Å². The average molecular weight is 338 g/mol. The lowest BCUT2D eigenvalue weighted by Gasteiger charge is -2.11. The van der Waals surface area contributed by atoms with E-state index in [0.717, 1.165) is 0 Å². The van der Waals surface area contributed by atoms with E-state index in [-0.39, 0.29) is 11.1 Å². The molecule has 1 aromatic carbocycles. The second-order valence-corrected chi connectivity index (χ2v) is 5.36. The van der Waals surface area contributed by atoms with Gasteiger partial charge in [0.1, 0.15) is 5.82 Å². The zero-order valence-electron chi connectivity index (χ0n) is 13.4. The van der Waals surface area contributed by atoms with E-state index in [1.807, 2.05) is 0 Å². The maximum absolute atomic E-state index is 13.2. The first kappa shape index (κ1) is 16.4. The van der Waals surface area contributed by atoms with Gasteiger partial charge in [0.15, 0.2) is 0 Å². The Kier molecular flexibility index (Phi) is 4.56. The molecule has 3 aromatic rings. The molecule has 0 radical (unpaired) electrons. The van der Waals surface area contributed by atoms with Gasteiger partial charge in [-0.25, -0.2) is 4.39 Å². The first-order chi connectivity index (χ1) is 12.0. The summed E-state index contributed by atoms with van der Waals surface area (Å²) in [6.07, 6.45) is 3.00. The Balaban J connectivity index is 1.86. The molecule has 0 saturated carbocycles. The first-order valence-corrected chi connectivity index (χ1v) is 7.48. The summed E-state index contributed by atoms with van der Waals surface area (Å²) in [6.45, 7) is 0. The third-order valence-corrected chi connectivity index (χ3v) is 3.53. The lowest BCUT2D eigenvalue weighted by molar-refractivity contribution is 0.0962. The van der Waals surface area contributed by atoms with Crippen LogP contribution in [0, 0.1) is 5.82 Å². The first-order valence-electron chi connectivity index (χ1n) is 7.48. The zero-order chi connectivity index (χ0) is 17.8. The van der Waals surface area contributed by atoms with Gasteiger partial charge in [0.2, 0.25) is 0 Å². The lowest BCUT2D eigenvalue weighted by Crippen LogP contribution is -2.31. The Morgan fingerprint density at radius 3 is 2.72 bits per heavy atom. The van der Waals surface area contributed by atoms with Crippen LogP contribution in [0.3, 0.4) is 0 Å². The van der Waals surface area contributed by atoms with Crippen LogP contribution >= 0.6 is 0 Å². The monoisotopic (exact) mass is 338 g/mol. The number of hydrogen-bond donors (Lipinski definition) is 2. The molecule has 0 bridgehead atoms. The highest BCUT2D eigenvalue weighted by Crippen LogP contribution is 2.14. The minimum Gasteiger partial charge on any atom is -0.317 e. The summed E-state index contributed by atoms with van der Waals surface area (Å²) in [6, 6.07) is 12.4. The molecule has 0 fully saturated rings. The van der Waals surface area contributed by atoms with E-state index in [1.165, 1.54) is 35.0 Å². The van der Waals surface area contributed by atoms with Gasteiger partial charge in [0.25, 0.3) is 11.5 Å². The minimum atomic E-state index is -0.461. The molecule has 2 aromatic heterocycles. The third-order valence-electron chi connectivity index (χ3n) is 3.53. The Morgan fingerprint density at radius 2 is 2.00 bits per heavy atom. The van der Waals surface area contributed by atoms with Crippen LogP contribution in [0.4, 0.5) is 10.1 Å². The number of benzene rings is 1. The van der Waals surface area contributed by atoms with Crippen molar-refractivity contribution in [2.75, 3.05) is 5.43 Å². The van der Waals surface area contributed by atoms with E-state index in [2.05, 4.69) is 15.8 Å². The molecule has 0 aliphatic carbocycles. The number of amides is 1. The fraction of sp³-hybridized carbons (Fsp3) is 0.0556. The normalized spacial score (nSPS) is 10.3. The molecular formula is C18H15FN4O2. The molecule has 0 saturated heterocycles. The van der Waals surface area contributed by atoms with Crippen LogP contribution in [0.25, 0.3) is 11.3 Å². The molecule has 0 atom stereocenters. The number of carbonyl (C=O) groups is 1. The Labute approximate surface area is 142 Å². The number of hydrogen-bond acceptors (Lipinski definition) is 4. The Bertz CT molecular complexity index is 970. The molecular weight excluding hydrogens is 323 g/mol. The van der Waals surface area contributed by atoms with Gasteiger partial charge in [-0.3, -0.25) is 25.4 Å². The van der Waals surface area contributed by atoms with Crippen LogP contribution in [0.15, 0.2) is 65.7 Å². The quantitative estimate of drug-likeness (QED) is 0.716. The second kappa shape index (κ2) is 6.96. The van der Waals surface area contributed by atoms with Crippen molar-refractivity contribution in [1.82, 2.24) is 15.0 Å². The van der Waals surface area contributed by atoms with Crippen molar-refractivity contribution in [3.63, 3.8) is 0 Å². The minimum absolute atomic E-state index is 0.256. The second-order valence-electron chi connectivity index (χ2n) is 5.36. The molecule has 126 valence electrons. The largest absolute Gasteiger partial charge is 0.317 e. The van der Waals surface area contributed by atoms with Crippen LogP contribution < -0.4 is 16.4 Å². The van der Waals surface area contributed by atoms with Crippen LogP contribution in [0.5, 0.6) is 0 Å². The molecule has 0 unspecified atom stereocenters. The van der Waals surface area contributed by atoms with Gasteiger partial charge in [0.05, 0.1) is 22.5 Å². The molecule has 0 aliphatic heterocycles. The van der Waals surface area contributed by atoms with Crippen molar-refractivity contribution in [3.05, 3.63) is 82.7 Å². The summed E-state index contributed by atoms with van der Waals surface area (Å²) in [5, 5.41) is 0. The fourth-order valence-corrected chi connectivity index (χ4v) is 2.31. The molecule has 2 heterocycles. The fourth-order valence-electron chi connectivity index (χ4n) is 2.31. The van der Waals surface area contributed by atoms with Crippen LogP contribution in [-0.4, -0.2) is 15.5 Å². The lowest BCUT2D eigenvalue weighted by atomic mass is 10.1. The summed E-state index contributed by atoms with van der Waals surface area (Å²) in [4.78, 5) is 28.8. The molecule has 1 amide bonds.